The zero-order valence-electron chi connectivity index (χ0n) is 16.1. The van der Waals surface area contributed by atoms with Gasteiger partial charge in [0.25, 0.3) is 10.1 Å². The van der Waals surface area contributed by atoms with Crippen molar-refractivity contribution in [2.45, 2.75) is 13.8 Å². The summed E-state index contributed by atoms with van der Waals surface area (Å²) in [5.41, 5.74) is 0.208. The average Bonchev–Trinajstić information content (AvgIpc) is 2.44. The number of ether oxygens (including phenoxy) is 3. The van der Waals surface area contributed by atoms with E-state index in [1.165, 1.54) is 13.8 Å². The van der Waals surface area contributed by atoms with Gasteiger partial charge in [-0.2, -0.15) is 8.42 Å². The summed E-state index contributed by atoms with van der Waals surface area (Å²) in [6.45, 7) is 8.03. The van der Waals surface area contributed by atoms with Gasteiger partial charge >= 0.3 is 55.6 Å². The first-order valence-electron chi connectivity index (χ1n) is 6.71. The molecule has 0 aliphatic rings. The first kappa shape index (κ1) is 26.3. The summed E-state index contributed by atoms with van der Waals surface area (Å²) in [5, 5.41) is 0. The molecule has 0 aliphatic heterocycles. The molecule has 0 unspecified atom stereocenters. The summed E-state index contributed by atoms with van der Waals surface area (Å²) in [7, 11) is -4.29. The van der Waals surface area contributed by atoms with E-state index in [0.29, 0.717) is 0 Å². The molecule has 0 aromatic rings. The van der Waals surface area contributed by atoms with E-state index in [4.69, 9.17) is 14.0 Å². The van der Waals surface area contributed by atoms with Crippen LogP contribution in [0.5, 0.6) is 0 Å². The van der Waals surface area contributed by atoms with Crippen LogP contribution in [-0.2, 0) is 38.7 Å². The van der Waals surface area contributed by atoms with Crippen LogP contribution in [0.4, 0.5) is 0 Å². The van der Waals surface area contributed by atoms with Crippen molar-refractivity contribution in [2.75, 3.05) is 25.6 Å². The first-order valence-corrected chi connectivity index (χ1v) is 8.32. The Morgan fingerprint density at radius 1 is 1.00 bits per heavy atom. The van der Waals surface area contributed by atoms with E-state index < -0.39 is 59.5 Å². The summed E-state index contributed by atoms with van der Waals surface area (Å²) >= 11 is 0. The molecule has 0 rings (SSSR count). The maximum atomic E-state index is 11.9. The van der Waals surface area contributed by atoms with E-state index in [-0.39, 0.29) is 51.7 Å². The topological polar surface area (TPSA) is 133 Å². The van der Waals surface area contributed by atoms with Crippen LogP contribution >= 0.6 is 0 Å². The maximum Gasteiger partial charge on any atom is 2.00 e. The molecule has 0 radical (unpaired) electrons. The summed E-state index contributed by atoms with van der Waals surface area (Å²) < 4.78 is 44.0. The van der Waals surface area contributed by atoms with Gasteiger partial charge in [0.15, 0.2) is 0 Å². The van der Waals surface area contributed by atoms with Crippen LogP contribution in [0, 0.1) is 5.92 Å². The fourth-order valence-corrected chi connectivity index (χ4v) is 1.44. The Labute approximate surface area is 179 Å². The van der Waals surface area contributed by atoms with Crippen LogP contribution in [0.2, 0.25) is 0 Å². The van der Waals surface area contributed by atoms with Crippen LogP contribution in [0.1, 0.15) is 16.7 Å². The van der Waals surface area contributed by atoms with E-state index in [0.717, 1.165) is 0 Å². The van der Waals surface area contributed by atoms with E-state index >= 15 is 0 Å². The van der Waals surface area contributed by atoms with Crippen LogP contribution in [0.15, 0.2) is 24.3 Å². The second-order valence-electron chi connectivity index (χ2n) is 4.91. The minimum absolute atomic E-state index is 0. The molecule has 0 amide bonds. The van der Waals surface area contributed by atoms with E-state index in [2.05, 4.69) is 17.9 Å². The Morgan fingerprint density at radius 3 is 1.72 bits per heavy atom. The Kier molecular flexibility index (Phi) is 13.1. The number of carbonyl (C=O) groups is 3. The van der Waals surface area contributed by atoms with Crippen molar-refractivity contribution in [3.63, 3.8) is 0 Å². The minimum atomic E-state index is -4.29. The molecule has 0 atom stereocenters. The van der Waals surface area contributed by atoms with Crippen LogP contribution in [0.3, 0.4) is 0 Å². The second kappa shape index (κ2) is 12.4. The second-order valence-corrected chi connectivity index (χ2v) is 6.48. The molecule has 25 heavy (non-hydrogen) atoms. The standard InChI is InChI=1S/C14H20O9S.Ca.2H/c1-9(2)12(15)22-7-11(8-23-13(16)10(3)4)14(17)21-5-6-24(18,19)20;;;/h11H,1,3,5-8H2,2,4H3,(H,18,19,20);;;/q;+2;2*-1. The smallest absolute Gasteiger partial charge is 1.00 e. The van der Waals surface area contributed by atoms with E-state index in [1.54, 1.807) is 0 Å². The zero-order chi connectivity index (χ0) is 18.9. The molecule has 140 valence electrons. The van der Waals surface area contributed by atoms with Gasteiger partial charge in [-0.05, 0) is 13.8 Å². The van der Waals surface area contributed by atoms with Crippen molar-refractivity contribution in [2.24, 2.45) is 5.92 Å². The van der Waals surface area contributed by atoms with Gasteiger partial charge in [0.05, 0.1) is 0 Å². The van der Waals surface area contributed by atoms with Gasteiger partial charge in [0.2, 0.25) is 0 Å². The monoisotopic (exact) mass is 406 g/mol. The van der Waals surface area contributed by atoms with Crippen molar-refractivity contribution in [1.82, 2.24) is 0 Å². The molecule has 0 fully saturated rings. The van der Waals surface area contributed by atoms with Crippen LogP contribution < -0.4 is 0 Å². The molecule has 1 N–H and O–H groups in total. The molecule has 0 aromatic carbocycles. The van der Waals surface area contributed by atoms with Gasteiger partial charge in [-0.1, -0.05) is 13.2 Å². The predicted molar refractivity (Wildman–Crippen MR) is 90.4 cm³/mol. The zero-order valence-corrected chi connectivity index (χ0v) is 17.2. The number of hydrogen-bond acceptors (Lipinski definition) is 8. The summed E-state index contributed by atoms with van der Waals surface area (Å²) in [4.78, 5) is 34.6. The quantitative estimate of drug-likeness (QED) is 0.176. The fraction of sp³-hybridized carbons (Fsp3) is 0.500. The van der Waals surface area contributed by atoms with Crippen molar-refractivity contribution in [3.8, 4) is 0 Å². The van der Waals surface area contributed by atoms with Gasteiger partial charge in [0, 0.05) is 11.1 Å². The van der Waals surface area contributed by atoms with Gasteiger partial charge in [-0.3, -0.25) is 9.35 Å². The van der Waals surface area contributed by atoms with Crippen molar-refractivity contribution < 1.29 is 44.4 Å². The fourth-order valence-electron chi connectivity index (χ4n) is 1.15. The van der Waals surface area contributed by atoms with E-state index in [1.807, 2.05) is 0 Å². The van der Waals surface area contributed by atoms with Gasteiger partial charge < -0.3 is 17.1 Å². The molecule has 0 aromatic heterocycles. The Balaban J connectivity index is -0.000000882. The number of rotatable bonds is 10. The SMILES string of the molecule is C=C(C)C(=O)OCC(COC(=O)C(=C)C)C(=O)OCCS(=O)(=O)O.[Ca+2].[H-].[H-]. The summed E-state index contributed by atoms with van der Waals surface area (Å²) in [5.74, 6) is -4.42. The minimum Gasteiger partial charge on any atom is -1.00 e. The number of esters is 3. The van der Waals surface area contributed by atoms with Crippen LogP contribution in [0.25, 0.3) is 0 Å². The molecule has 11 heteroatoms. The predicted octanol–water partition coefficient (Wildman–Crippen LogP) is 0.116. The van der Waals surface area contributed by atoms with Crippen molar-refractivity contribution >= 4 is 65.8 Å². The average molecular weight is 406 g/mol. The van der Waals surface area contributed by atoms with Crippen molar-refractivity contribution in [3.05, 3.63) is 24.3 Å². The summed E-state index contributed by atoms with van der Waals surface area (Å²) in [6.07, 6.45) is 0. The molecular weight excluding hydrogens is 384 g/mol. The van der Waals surface area contributed by atoms with Gasteiger partial charge in [0.1, 0.15) is 31.5 Å². The van der Waals surface area contributed by atoms with Gasteiger partial charge in [-0.25, -0.2) is 9.59 Å². The number of hydrogen-bond donors (Lipinski definition) is 1. The van der Waals surface area contributed by atoms with Crippen molar-refractivity contribution in [1.29, 1.82) is 0 Å². The first-order chi connectivity index (χ1) is 10.9. The molecule has 9 nitrogen and oxygen atoms in total. The molecule has 0 bridgehead atoms. The van der Waals surface area contributed by atoms with Gasteiger partial charge in [-0.15, -0.1) is 0 Å². The van der Waals surface area contributed by atoms with E-state index in [9.17, 15) is 22.8 Å². The largest absolute Gasteiger partial charge is 2.00 e. The third-order valence-corrected chi connectivity index (χ3v) is 3.13. The molecule has 0 saturated carbocycles. The Hall–Kier alpha value is -0.940. The Morgan fingerprint density at radius 2 is 1.40 bits per heavy atom. The molecule has 0 aliphatic carbocycles. The third kappa shape index (κ3) is 13.0. The summed E-state index contributed by atoms with van der Waals surface area (Å²) in [6, 6.07) is 0. The molecular formula is C14H22CaO9S. The Bertz CT molecular complexity index is 604. The number of carbonyl (C=O) groups excluding carboxylic acids is 3. The normalized spacial score (nSPS) is 10.4. The maximum absolute atomic E-state index is 11.9. The molecule has 0 heterocycles. The molecule has 0 spiro atoms. The third-order valence-electron chi connectivity index (χ3n) is 2.45. The van der Waals surface area contributed by atoms with Crippen LogP contribution in [-0.4, -0.2) is 94.2 Å². The molecule has 0 saturated heterocycles.